The Bertz CT molecular complexity index is 611. The van der Waals surface area contributed by atoms with Gasteiger partial charge >= 0.3 is 0 Å². The van der Waals surface area contributed by atoms with E-state index >= 15 is 0 Å². The third kappa shape index (κ3) is 3.42. The molecule has 3 rings (SSSR count). The lowest BCUT2D eigenvalue weighted by atomic mass is 9.73. The van der Waals surface area contributed by atoms with Crippen LogP contribution in [0.4, 0.5) is 0 Å². The number of ether oxygens (including phenoxy) is 1. The number of hydrogen-bond acceptors (Lipinski definition) is 3. The minimum absolute atomic E-state index is 0.139. The molecule has 0 spiro atoms. The first-order chi connectivity index (χ1) is 11.5. The molecule has 0 aromatic heterocycles. The quantitative estimate of drug-likeness (QED) is 0.903. The lowest BCUT2D eigenvalue weighted by Gasteiger charge is -2.39. The molecule has 0 saturated carbocycles. The maximum Gasteiger partial charge on any atom is 0.233 e. The average Bonchev–Trinajstić information content (AvgIpc) is 3.03. The molecule has 2 heterocycles. The van der Waals surface area contributed by atoms with Gasteiger partial charge in [-0.3, -0.25) is 9.59 Å². The number of rotatable bonds is 4. The van der Waals surface area contributed by atoms with Crippen molar-refractivity contribution in [1.82, 2.24) is 4.90 Å². The summed E-state index contributed by atoms with van der Waals surface area (Å²) in [5.74, 6) is 0.0152. The number of likely N-dealkylation sites (tertiary alicyclic amines) is 1. The Morgan fingerprint density at radius 2 is 1.92 bits per heavy atom. The molecule has 0 aliphatic carbocycles. The van der Waals surface area contributed by atoms with Gasteiger partial charge in [-0.25, -0.2) is 0 Å². The van der Waals surface area contributed by atoms with E-state index in [9.17, 15) is 9.59 Å². The molecule has 2 aliphatic rings. The highest BCUT2D eigenvalue weighted by Gasteiger charge is 2.45. The Balaban J connectivity index is 1.82. The van der Waals surface area contributed by atoms with E-state index in [0.29, 0.717) is 50.6 Å². The van der Waals surface area contributed by atoms with Crippen LogP contribution in [-0.2, 0) is 19.7 Å². The molecule has 1 aromatic rings. The number of carbonyl (C=O) groups is 2. The summed E-state index contributed by atoms with van der Waals surface area (Å²) >= 11 is 6.01. The molecule has 6 heteroatoms. The van der Waals surface area contributed by atoms with Crippen LogP contribution in [0.5, 0.6) is 0 Å². The van der Waals surface area contributed by atoms with Gasteiger partial charge in [0.05, 0.1) is 5.41 Å². The first kappa shape index (κ1) is 17.2. The van der Waals surface area contributed by atoms with Gasteiger partial charge in [0, 0.05) is 37.7 Å². The number of hydrogen-bond donors (Lipinski definition) is 1. The fourth-order valence-electron chi connectivity index (χ4n) is 3.89. The third-order valence-corrected chi connectivity index (χ3v) is 5.47. The highest BCUT2D eigenvalue weighted by Crippen LogP contribution is 2.38. The van der Waals surface area contributed by atoms with Crippen molar-refractivity contribution in [2.24, 2.45) is 11.7 Å². The van der Waals surface area contributed by atoms with Gasteiger partial charge in [0.2, 0.25) is 11.8 Å². The largest absolute Gasteiger partial charge is 0.381 e. The smallest absolute Gasteiger partial charge is 0.233 e. The van der Waals surface area contributed by atoms with Crippen molar-refractivity contribution in [3.8, 4) is 0 Å². The fourth-order valence-corrected chi connectivity index (χ4v) is 4.01. The predicted octanol–water partition coefficient (Wildman–Crippen LogP) is 2.11. The van der Waals surface area contributed by atoms with Crippen molar-refractivity contribution in [2.45, 2.75) is 31.1 Å². The zero-order chi connectivity index (χ0) is 17.2. The number of halogens is 1. The van der Waals surface area contributed by atoms with Crippen LogP contribution in [0.25, 0.3) is 0 Å². The molecule has 2 amide bonds. The van der Waals surface area contributed by atoms with E-state index in [2.05, 4.69) is 0 Å². The molecule has 1 unspecified atom stereocenters. The SMILES string of the molecule is NC(=O)CC1CCN(C(=O)C2(c3ccc(Cl)cc3)CCOCC2)C1. The summed E-state index contributed by atoms with van der Waals surface area (Å²) < 4.78 is 5.50. The molecule has 2 fully saturated rings. The number of amides is 2. The summed E-state index contributed by atoms with van der Waals surface area (Å²) in [5, 5.41) is 0.663. The van der Waals surface area contributed by atoms with Crippen molar-refractivity contribution in [1.29, 1.82) is 0 Å². The lowest BCUT2D eigenvalue weighted by molar-refractivity contribution is -0.140. The van der Waals surface area contributed by atoms with Gasteiger partial charge in [0.15, 0.2) is 0 Å². The number of nitrogens with zero attached hydrogens (tertiary/aromatic N) is 1. The predicted molar refractivity (Wildman–Crippen MR) is 91.7 cm³/mol. The molecule has 2 N–H and O–H groups in total. The molecule has 2 aliphatic heterocycles. The van der Waals surface area contributed by atoms with E-state index in [1.807, 2.05) is 29.2 Å². The monoisotopic (exact) mass is 350 g/mol. The summed E-state index contributed by atoms with van der Waals surface area (Å²) in [6.45, 7) is 2.45. The Morgan fingerprint density at radius 1 is 1.25 bits per heavy atom. The average molecular weight is 351 g/mol. The van der Waals surface area contributed by atoms with E-state index in [0.717, 1.165) is 12.0 Å². The second kappa shape index (κ2) is 7.11. The Labute approximate surface area is 147 Å². The van der Waals surface area contributed by atoms with E-state index in [-0.39, 0.29) is 17.7 Å². The fraction of sp³-hybridized carbons (Fsp3) is 0.556. The number of primary amides is 1. The Morgan fingerprint density at radius 3 is 2.54 bits per heavy atom. The molecule has 130 valence electrons. The van der Waals surface area contributed by atoms with Crippen LogP contribution in [0.2, 0.25) is 5.02 Å². The summed E-state index contributed by atoms with van der Waals surface area (Å²) in [5.41, 5.74) is 5.74. The van der Waals surface area contributed by atoms with Gasteiger partial charge in [0.1, 0.15) is 0 Å². The van der Waals surface area contributed by atoms with Crippen LogP contribution in [-0.4, -0.2) is 43.0 Å². The van der Waals surface area contributed by atoms with Crippen molar-refractivity contribution in [3.05, 3.63) is 34.9 Å². The summed E-state index contributed by atoms with van der Waals surface area (Å²) in [7, 11) is 0. The molecule has 5 nitrogen and oxygen atoms in total. The van der Waals surface area contributed by atoms with Crippen LogP contribution in [0, 0.1) is 5.92 Å². The van der Waals surface area contributed by atoms with E-state index in [1.54, 1.807) is 0 Å². The molecule has 1 aromatic carbocycles. The Kier molecular flexibility index (Phi) is 5.11. The van der Waals surface area contributed by atoms with Gasteiger partial charge in [-0.2, -0.15) is 0 Å². The van der Waals surface area contributed by atoms with Crippen LogP contribution in [0.15, 0.2) is 24.3 Å². The molecular weight excluding hydrogens is 328 g/mol. The maximum atomic E-state index is 13.4. The highest BCUT2D eigenvalue weighted by atomic mass is 35.5. The molecule has 0 radical (unpaired) electrons. The van der Waals surface area contributed by atoms with Crippen molar-refractivity contribution >= 4 is 23.4 Å². The van der Waals surface area contributed by atoms with Crippen LogP contribution >= 0.6 is 11.6 Å². The summed E-state index contributed by atoms with van der Waals surface area (Å²) in [6, 6.07) is 7.56. The molecule has 1 atom stereocenters. The molecular formula is C18H23ClN2O3. The van der Waals surface area contributed by atoms with Gasteiger partial charge in [-0.1, -0.05) is 23.7 Å². The van der Waals surface area contributed by atoms with Gasteiger partial charge < -0.3 is 15.4 Å². The van der Waals surface area contributed by atoms with E-state index < -0.39 is 5.41 Å². The number of carbonyl (C=O) groups excluding carboxylic acids is 2. The van der Waals surface area contributed by atoms with Crippen molar-refractivity contribution in [3.63, 3.8) is 0 Å². The van der Waals surface area contributed by atoms with Crippen LogP contribution < -0.4 is 5.73 Å². The topological polar surface area (TPSA) is 72.6 Å². The van der Waals surface area contributed by atoms with E-state index in [4.69, 9.17) is 22.1 Å². The minimum Gasteiger partial charge on any atom is -0.381 e. The molecule has 2 saturated heterocycles. The van der Waals surface area contributed by atoms with Crippen LogP contribution in [0.3, 0.4) is 0 Å². The first-order valence-electron chi connectivity index (χ1n) is 8.43. The third-order valence-electron chi connectivity index (χ3n) is 5.22. The van der Waals surface area contributed by atoms with Gasteiger partial charge in [0.25, 0.3) is 0 Å². The standard InChI is InChI=1S/C18H23ClN2O3/c19-15-3-1-14(2-4-15)18(6-9-24-10-7-18)17(23)21-8-5-13(12-21)11-16(20)22/h1-4,13H,5-12H2,(H2,20,22). The maximum absolute atomic E-state index is 13.4. The Hall–Kier alpha value is -1.59. The summed E-state index contributed by atoms with van der Waals surface area (Å²) in [4.78, 5) is 26.4. The zero-order valence-corrected chi connectivity index (χ0v) is 14.4. The highest BCUT2D eigenvalue weighted by molar-refractivity contribution is 6.30. The minimum atomic E-state index is -0.551. The van der Waals surface area contributed by atoms with Crippen molar-refractivity contribution < 1.29 is 14.3 Å². The first-order valence-corrected chi connectivity index (χ1v) is 8.80. The summed E-state index contributed by atoms with van der Waals surface area (Å²) in [6.07, 6.45) is 2.53. The molecule has 0 bridgehead atoms. The van der Waals surface area contributed by atoms with Crippen molar-refractivity contribution in [2.75, 3.05) is 26.3 Å². The number of benzene rings is 1. The molecule has 24 heavy (non-hydrogen) atoms. The normalized spacial score (nSPS) is 23.2. The second-order valence-corrected chi connectivity index (χ2v) is 7.21. The van der Waals surface area contributed by atoms with Gasteiger partial charge in [-0.05, 0) is 42.9 Å². The second-order valence-electron chi connectivity index (χ2n) is 6.78. The van der Waals surface area contributed by atoms with Gasteiger partial charge in [-0.15, -0.1) is 0 Å². The zero-order valence-electron chi connectivity index (χ0n) is 13.7. The van der Waals surface area contributed by atoms with E-state index in [1.165, 1.54) is 0 Å². The lowest BCUT2D eigenvalue weighted by Crippen LogP contribution is -2.49. The van der Waals surface area contributed by atoms with Crippen LogP contribution in [0.1, 0.15) is 31.2 Å². The number of nitrogens with two attached hydrogens (primary N) is 1.